The van der Waals surface area contributed by atoms with Gasteiger partial charge in [-0.25, -0.2) is 9.67 Å². The quantitative estimate of drug-likeness (QED) is 0.418. The van der Waals surface area contributed by atoms with E-state index >= 15 is 0 Å². The third-order valence-corrected chi connectivity index (χ3v) is 3.57. The third-order valence-electron chi connectivity index (χ3n) is 3.57. The molecule has 130 valence electrons. The van der Waals surface area contributed by atoms with Crippen LogP contribution >= 0.6 is 0 Å². The summed E-state index contributed by atoms with van der Waals surface area (Å²) in [5.41, 5.74) is 2.33. The molecule has 0 fully saturated rings. The average molecular weight is 349 g/mol. The molecular weight excluding hydrogens is 334 g/mol. The Morgan fingerprint density at radius 1 is 1.23 bits per heavy atom. The normalized spacial score (nSPS) is 10.8. The Morgan fingerprint density at radius 2 is 2.08 bits per heavy atom. The zero-order valence-electron chi connectivity index (χ0n) is 13.6. The predicted octanol–water partition coefficient (Wildman–Crippen LogP) is 2.51. The highest BCUT2D eigenvalue weighted by atomic mass is 16.6. The zero-order chi connectivity index (χ0) is 18.4. The molecule has 0 aliphatic rings. The fourth-order valence-electron chi connectivity index (χ4n) is 2.31. The van der Waals surface area contributed by atoms with Crippen LogP contribution in [0.25, 0.3) is 11.8 Å². The van der Waals surface area contributed by atoms with Crippen molar-refractivity contribution < 1.29 is 9.72 Å². The molecule has 0 saturated heterocycles. The molecule has 1 aromatic heterocycles. The number of nitro benzene ring substituents is 1. The average Bonchev–Trinajstić information content (AvgIpc) is 3.20. The van der Waals surface area contributed by atoms with E-state index in [1.54, 1.807) is 23.1 Å². The Hall–Kier alpha value is -3.81. The lowest BCUT2D eigenvalue weighted by molar-refractivity contribution is -0.384. The standard InChI is InChI=1S/C18H15N5O3/c24-18(8-7-14-3-1-6-17(9-14)23(25)26)20-11-15-4-2-5-16(10-15)22-13-19-12-21-22/h1-10,12-13H,11H2,(H,20,24). The van der Waals surface area contributed by atoms with Crippen LogP contribution in [0.15, 0.2) is 67.3 Å². The first-order valence-electron chi connectivity index (χ1n) is 7.76. The molecule has 0 bridgehead atoms. The fourth-order valence-corrected chi connectivity index (χ4v) is 2.31. The summed E-state index contributed by atoms with van der Waals surface area (Å²) in [6, 6.07) is 13.6. The molecule has 0 spiro atoms. The van der Waals surface area contributed by atoms with Crippen molar-refractivity contribution >= 4 is 17.7 Å². The molecule has 1 N–H and O–H groups in total. The Balaban J connectivity index is 1.60. The number of aromatic nitrogens is 3. The summed E-state index contributed by atoms with van der Waals surface area (Å²) >= 11 is 0. The molecule has 26 heavy (non-hydrogen) atoms. The zero-order valence-corrected chi connectivity index (χ0v) is 13.6. The molecule has 1 amide bonds. The minimum Gasteiger partial charge on any atom is -0.348 e. The van der Waals surface area contributed by atoms with E-state index in [4.69, 9.17) is 0 Å². The van der Waals surface area contributed by atoms with Crippen molar-refractivity contribution in [3.8, 4) is 5.69 Å². The molecular formula is C18H15N5O3. The van der Waals surface area contributed by atoms with E-state index in [9.17, 15) is 14.9 Å². The molecule has 8 heteroatoms. The summed E-state index contributed by atoms with van der Waals surface area (Å²) in [5, 5.41) is 17.6. The summed E-state index contributed by atoms with van der Waals surface area (Å²) in [7, 11) is 0. The lowest BCUT2D eigenvalue weighted by Gasteiger charge is -2.05. The molecule has 0 unspecified atom stereocenters. The maximum atomic E-state index is 12.0. The fraction of sp³-hybridized carbons (Fsp3) is 0.0556. The van der Waals surface area contributed by atoms with E-state index in [1.165, 1.54) is 30.6 Å². The number of hydrogen-bond acceptors (Lipinski definition) is 5. The second-order valence-corrected chi connectivity index (χ2v) is 5.41. The topological polar surface area (TPSA) is 103 Å². The predicted molar refractivity (Wildman–Crippen MR) is 95.3 cm³/mol. The van der Waals surface area contributed by atoms with Crippen LogP contribution in [0, 0.1) is 10.1 Å². The van der Waals surface area contributed by atoms with Crippen LogP contribution in [0.2, 0.25) is 0 Å². The molecule has 8 nitrogen and oxygen atoms in total. The Labute approximate surface area is 149 Å². The summed E-state index contributed by atoms with van der Waals surface area (Å²) < 4.78 is 1.63. The molecule has 0 radical (unpaired) electrons. The molecule has 2 aromatic carbocycles. The largest absolute Gasteiger partial charge is 0.348 e. The van der Waals surface area contributed by atoms with Crippen molar-refractivity contribution in [1.29, 1.82) is 0 Å². The monoisotopic (exact) mass is 349 g/mol. The van der Waals surface area contributed by atoms with Gasteiger partial charge >= 0.3 is 0 Å². The molecule has 0 atom stereocenters. The van der Waals surface area contributed by atoms with Crippen LogP contribution in [0.3, 0.4) is 0 Å². The van der Waals surface area contributed by atoms with Gasteiger partial charge in [0.2, 0.25) is 5.91 Å². The van der Waals surface area contributed by atoms with E-state index in [1.807, 2.05) is 24.3 Å². The maximum absolute atomic E-state index is 12.0. The molecule has 0 aliphatic heterocycles. The minimum absolute atomic E-state index is 0.0162. The Kier molecular flexibility index (Phi) is 5.14. The molecule has 0 aliphatic carbocycles. The van der Waals surface area contributed by atoms with Crippen LogP contribution in [0.1, 0.15) is 11.1 Å². The number of nitrogens with one attached hydrogen (secondary N) is 1. The number of non-ortho nitro benzene ring substituents is 1. The van der Waals surface area contributed by atoms with E-state index in [0.717, 1.165) is 11.3 Å². The van der Waals surface area contributed by atoms with Crippen molar-refractivity contribution in [2.24, 2.45) is 0 Å². The minimum atomic E-state index is -0.473. The molecule has 3 rings (SSSR count). The summed E-state index contributed by atoms with van der Waals surface area (Å²) in [6.45, 7) is 0.348. The summed E-state index contributed by atoms with van der Waals surface area (Å²) in [6.07, 6.45) is 5.93. The highest BCUT2D eigenvalue weighted by Crippen LogP contribution is 2.14. The number of nitrogens with zero attached hydrogens (tertiary/aromatic N) is 4. The van der Waals surface area contributed by atoms with Crippen molar-refractivity contribution in [3.63, 3.8) is 0 Å². The van der Waals surface area contributed by atoms with Crippen LogP contribution in [0.4, 0.5) is 5.69 Å². The number of hydrogen-bond donors (Lipinski definition) is 1. The molecule has 0 saturated carbocycles. The van der Waals surface area contributed by atoms with Crippen LogP contribution in [-0.2, 0) is 11.3 Å². The van der Waals surface area contributed by atoms with Crippen molar-refractivity contribution in [3.05, 3.63) is 88.5 Å². The number of carbonyl (C=O) groups excluding carboxylic acids is 1. The van der Waals surface area contributed by atoms with Gasteiger partial charge in [-0.1, -0.05) is 24.3 Å². The van der Waals surface area contributed by atoms with Gasteiger partial charge in [0.25, 0.3) is 5.69 Å². The highest BCUT2D eigenvalue weighted by Gasteiger charge is 2.04. The van der Waals surface area contributed by atoms with Crippen molar-refractivity contribution in [1.82, 2.24) is 20.1 Å². The van der Waals surface area contributed by atoms with Gasteiger partial charge in [-0.05, 0) is 29.3 Å². The third kappa shape index (κ3) is 4.38. The van der Waals surface area contributed by atoms with Gasteiger partial charge in [0, 0.05) is 24.8 Å². The smallest absolute Gasteiger partial charge is 0.270 e. The lowest BCUT2D eigenvalue weighted by Crippen LogP contribution is -2.20. The second kappa shape index (κ2) is 7.84. The van der Waals surface area contributed by atoms with E-state index in [-0.39, 0.29) is 11.6 Å². The van der Waals surface area contributed by atoms with Crippen LogP contribution in [0.5, 0.6) is 0 Å². The molecule has 3 aromatic rings. The number of benzene rings is 2. The summed E-state index contributed by atoms with van der Waals surface area (Å²) in [5.74, 6) is -0.289. The highest BCUT2D eigenvalue weighted by molar-refractivity contribution is 5.91. The number of carbonyl (C=O) groups is 1. The number of nitro groups is 1. The van der Waals surface area contributed by atoms with Crippen LogP contribution < -0.4 is 5.32 Å². The van der Waals surface area contributed by atoms with Gasteiger partial charge in [0.15, 0.2) is 0 Å². The van der Waals surface area contributed by atoms with Gasteiger partial charge in [-0.2, -0.15) is 5.10 Å². The first-order valence-corrected chi connectivity index (χ1v) is 7.76. The van der Waals surface area contributed by atoms with Gasteiger partial charge < -0.3 is 5.32 Å². The lowest BCUT2D eigenvalue weighted by atomic mass is 10.2. The SMILES string of the molecule is O=C(C=Cc1cccc([N+](=O)[O-])c1)NCc1cccc(-n2cncn2)c1. The number of amides is 1. The van der Waals surface area contributed by atoms with Crippen molar-refractivity contribution in [2.75, 3.05) is 0 Å². The van der Waals surface area contributed by atoms with Crippen LogP contribution in [-0.4, -0.2) is 25.6 Å². The second-order valence-electron chi connectivity index (χ2n) is 5.41. The first-order chi connectivity index (χ1) is 12.6. The molecule has 1 heterocycles. The summed E-state index contributed by atoms with van der Waals surface area (Å²) in [4.78, 5) is 26.1. The van der Waals surface area contributed by atoms with Gasteiger partial charge in [-0.15, -0.1) is 0 Å². The maximum Gasteiger partial charge on any atom is 0.270 e. The Morgan fingerprint density at radius 3 is 2.85 bits per heavy atom. The van der Waals surface area contributed by atoms with E-state index < -0.39 is 4.92 Å². The first kappa shape index (κ1) is 17.0. The van der Waals surface area contributed by atoms with E-state index in [0.29, 0.717) is 12.1 Å². The van der Waals surface area contributed by atoms with Crippen molar-refractivity contribution in [2.45, 2.75) is 6.54 Å². The van der Waals surface area contributed by atoms with E-state index in [2.05, 4.69) is 15.4 Å². The number of rotatable bonds is 6. The van der Waals surface area contributed by atoms with Gasteiger partial charge in [-0.3, -0.25) is 14.9 Å². The Bertz CT molecular complexity index is 951. The van der Waals surface area contributed by atoms with Gasteiger partial charge in [0.05, 0.1) is 10.6 Å². The van der Waals surface area contributed by atoms with Gasteiger partial charge in [0.1, 0.15) is 12.7 Å².